The molecule has 0 spiro atoms. The molecule has 0 aromatic heterocycles. The molecule has 5 heteroatoms. The number of nitrogens with zero attached hydrogens (tertiary/aromatic N) is 1. The highest BCUT2D eigenvalue weighted by atomic mass is 79.9. The second-order valence-electron chi connectivity index (χ2n) is 5.71. The second kappa shape index (κ2) is 5.74. The highest BCUT2D eigenvalue weighted by Crippen LogP contribution is 2.39. The fourth-order valence-corrected chi connectivity index (χ4v) is 3.28. The monoisotopic (exact) mass is 341 g/mol. The Balaban J connectivity index is 2.26. The van der Waals surface area contributed by atoms with Crippen molar-refractivity contribution >= 4 is 21.9 Å². The van der Waals surface area contributed by atoms with Crippen LogP contribution >= 0.6 is 15.9 Å². The normalized spacial score (nSPS) is 24.8. The molecule has 0 bridgehead atoms. The molecule has 2 N–H and O–H groups in total. The summed E-state index contributed by atoms with van der Waals surface area (Å²) in [4.78, 5) is 13.5. The van der Waals surface area contributed by atoms with Gasteiger partial charge in [0.05, 0.1) is 5.41 Å². The first-order chi connectivity index (χ1) is 9.37. The Hall–Kier alpha value is -1.07. The second-order valence-corrected chi connectivity index (χ2v) is 6.63. The van der Waals surface area contributed by atoms with Crippen LogP contribution < -0.4 is 0 Å². The smallest absolute Gasteiger partial charge is 0.310 e. The van der Waals surface area contributed by atoms with Gasteiger partial charge in [-0.15, -0.1) is 0 Å². The van der Waals surface area contributed by atoms with Gasteiger partial charge in [0.15, 0.2) is 0 Å². The van der Waals surface area contributed by atoms with Crippen molar-refractivity contribution in [2.45, 2.75) is 32.7 Å². The number of carboxylic acids is 1. The zero-order chi connectivity index (χ0) is 14.9. The van der Waals surface area contributed by atoms with Crippen LogP contribution in [0.25, 0.3) is 0 Å². The molecular weight excluding hydrogens is 322 g/mol. The van der Waals surface area contributed by atoms with Crippen LogP contribution in [0.2, 0.25) is 0 Å². The molecule has 1 heterocycles. The van der Waals surface area contributed by atoms with Crippen molar-refractivity contribution in [2.75, 3.05) is 13.1 Å². The lowest BCUT2D eigenvalue weighted by Crippen LogP contribution is -2.33. The Morgan fingerprint density at radius 2 is 2.25 bits per heavy atom. The summed E-state index contributed by atoms with van der Waals surface area (Å²) in [5.41, 5.74) is 0.172. The van der Waals surface area contributed by atoms with Gasteiger partial charge in [-0.3, -0.25) is 9.69 Å². The van der Waals surface area contributed by atoms with Crippen LogP contribution in [0.15, 0.2) is 22.7 Å². The fourth-order valence-electron chi connectivity index (χ4n) is 2.90. The van der Waals surface area contributed by atoms with Crippen LogP contribution in [0, 0.1) is 5.41 Å². The Bertz CT molecular complexity index is 520. The third-order valence-electron chi connectivity index (χ3n) is 4.20. The first kappa shape index (κ1) is 15.3. The third kappa shape index (κ3) is 2.83. The number of carbonyl (C=O) groups is 1. The number of hydrogen-bond donors (Lipinski definition) is 2. The molecule has 2 atom stereocenters. The Labute approximate surface area is 127 Å². The van der Waals surface area contributed by atoms with E-state index in [4.69, 9.17) is 0 Å². The number of phenols is 1. The van der Waals surface area contributed by atoms with Gasteiger partial charge in [0.2, 0.25) is 0 Å². The average molecular weight is 342 g/mol. The lowest BCUT2D eigenvalue weighted by atomic mass is 9.90. The van der Waals surface area contributed by atoms with Crippen molar-refractivity contribution in [3.05, 3.63) is 28.2 Å². The number of hydrogen-bond acceptors (Lipinski definition) is 3. The van der Waals surface area contributed by atoms with Gasteiger partial charge >= 0.3 is 5.97 Å². The number of likely N-dealkylation sites (tertiary alicyclic amines) is 1. The molecule has 1 aliphatic rings. The zero-order valence-corrected chi connectivity index (χ0v) is 13.4. The molecule has 0 radical (unpaired) electrons. The standard InChI is InChI=1S/C15H20BrNO3/c1-3-12(11-8-10(16)4-5-13(11)18)17-7-6-15(2,9-17)14(19)20/h4-5,8,12,18H,3,6-7,9H2,1-2H3,(H,19,20). The lowest BCUT2D eigenvalue weighted by Gasteiger charge is -2.29. The van der Waals surface area contributed by atoms with Crippen molar-refractivity contribution in [2.24, 2.45) is 5.41 Å². The number of carboxylic acid groups (broad SMARTS) is 1. The van der Waals surface area contributed by atoms with E-state index in [-0.39, 0.29) is 11.8 Å². The predicted octanol–water partition coefficient (Wildman–Crippen LogP) is 3.40. The number of rotatable bonds is 4. The van der Waals surface area contributed by atoms with Gasteiger partial charge in [-0.25, -0.2) is 0 Å². The Morgan fingerprint density at radius 1 is 1.55 bits per heavy atom. The average Bonchev–Trinajstić information content (AvgIpc) is 2.79. The summed E-state index contributed by atoms with van der Waals surface area (Å²) in [7, 11) is 0. The van der Waals surface area contributed by atoms with Crippen molar-refractivity contribution in [1.82, 2.24) is 4.90 Å². The molecule has 1 aromatic rings. The summed E-state index contributed by atoms with van der Waals surface area (Å²) < 4.78 is 0.920. The third-order valence-corrected chi connectivity index (χ3v) is 4.69. The summed E-state index contributed by atoms with van der Waals surface area (Å²) in [5.74, 6) is -0.475. The maximum absolute atomic E-state index is 11.4. The molecule has 110 valence electrons. The van der Waals surface area contributed by atoms with Gasteiger partial charge in [-0.05, 0) is 44.5 Å². The summed E-state index contributed by atoms with van der Waals surface area (Å²) in [5, 5.41) is 19.4. The molecular formula is C15H20BrNO3. The molecule has 1 aromatic carbocycles. The van der Waals surface area contributed by atoms with Crippen LogP contribution in [0.4, 0.5) is 0 Å². The quantitative estimate of drug-likeness (QED) is 0.880. The van der Waals surface area contributed by atoms with Gasteiger partial charge in [0.25, 0.3) is 0 Å². The summed E-state index contributed by atoms with van der Waals surface area (Å²) >= 11 is 3.42. The van der Waals surface area contributed by atoms with Crippen LogP contribution in [-0.4, -0.2) is 34.2 Å². The largest absolute Gasteiger partial charge is 0.508 e. The van der Waals surface area contributed by atoms with E-state index in [1.54, 1.807) is 19.1 Å². The minimum atomic E-state index is -0.742. The van der Waals surface area contributed by atoms with Crippen LogP contribution in [0.5, 0.6) is 5.75 Å². The highest BCUT2D eigenvalue weighted by Gasteiger charge is 2.42. The van der Waals surface area contributed by atoms with Gasteiger partial charge < -0.3 is 10.2 Å². The van der Waals surface area contributed by atoms with Crippen molar-refractivity contribution < 1.29 is 15.0 Å². The highest BCUT2D eigenvalue weighted by molar-refractivity contribution is 9.10. The molecule has 0 aliphatic carbocycles. The van der Waals surface area contributed by atoms with Crippen molar-refractivity contribution in [3.63, 3.8) is 0 Å². The molecule has 1 saturated heterocycles. The van der Waals surface area contributed by atoms with E-state index < -0.39 is 11.4 Å². The number of aromatic hydroxyl groups is 1. The van der Waals surface area contributed by atoms with E-state index in [0.717, 1.165) is 23.0 Å². The number of phenolic OH excluding ortho intramolecular Hbond substituents is 1. The van der Waals surface area contributed by atoms with Crippen LogP contribution in [0.1, 0.15) is 38.3 Å². The molecule has 0 saturated carbocycles. The van der Waals surface area contributed by atoms with Crippen molar-refractivity contribution in [3.8, 4) is 5.75 Å². The SMILES string of the molecule is CCC(c1cc(Br)ccc1O)N1CCC(C)(C(=O)O)C1. The summed E-state index contributed by atoms with van der Waals surface area (Å²) in [6, 6.07) is 5.44. The minimum absolute atomic E-state index is 0.0497. The van der Waals surface area contributed by atoms with Gasteiger partial charge in [-0.2, -0.15) is 0 Å². The Morgan fingerprint density at radius 3 is 2.80 bits per heavy atom. The molecule has 2 rings (SSSR count). The maximum Gasteiger partial charge on any atom is 0.310 e. The van der Waals surface area contributed by atoms with E-state index in [9.17, 15) is 15.0 Å². The molecule has 0 amide bonds. The van der Waals surface area contributed by atoms with Crippen LogP contribution in [0.3, 0.4) is 0 Å². The number of benzene rings is 1. The van der Waals surface area contributed by atoms with E-state index in [0.29, 0.717) is 13.0 Å². The Kier molecular flexibility index (Phi) is 4.39. The zero-order valence-electron chi connectivity index (χ0n) is 11.8. The molecule has 2 unspecified atom stereocenters. The molecule has 1 fully saturated rings. The maximum atomic E-state index is 11.4. The van der Waals surface area contributed by atoms with E-state index in [1.165, 1.54) is 0 Å². The fraction of sp³-hybridized carbons (Fsp3) is 0.533. The van der Waals surface area contributed by atoms with E-state index >= 15 is 0 Å². The molecule has 4 nitrogen and oxygen atoms in total. The van der Waals surface area contributed by atoms with Gasteiger partial charge in [0.1, 0.15) is 5.75 Å². The van der Waals surface area contributed by atoms with Gasteiger partial charge in [-0.1, -0.05) is 22.9 Å². The van der Waals surface area contributed by atoms with E-state index in [2.05, 4.69) is 27.8 Å². The topological polar surface area (TPSA) is 60.8 Å². The first-order valence-electron chi connectivity index (χ1n) is 6.83. The first-order valence-corrected chi connectivity index (χ1v) is 7.62. The molecule has 1 aliphatic heterocycles. The van der Waals surface area contributed by atoms with Crippen LogP contribution in [-0.2, 0) is 4.79 Å². The predicted molar refractivity (Wildman–Crippen MR) is 80.8 cm³/mol. The van der Waals surface area contributed by atoms with E-state index in [1.807, 2.05) is 6.07 Å². The lowest BCUT2D eigenvalue weighted by molar-refractivity contribution is -0.147. The summed E-state index contributed by atoms with van der Waals surface area (Å²) in [6.07, 6.45) is 1.48. The molecule has 20 heavy (non-hydrogen) atoms. The number of halogens is 1. The summed E-state index contributed by atoms with van der Waals surface area (Å²) in [6.45, 7) is 5.12. The van der Waals surface area contributed by atoms with Crippen molar-refractivity contribution in [1.29, 1.82) is 0 Å². The van der Waals surface area contributed by atoms with Gasteiger partial charge in [0, 0.05) is 22.6 Å². The minimum Gasteiger partial charge on any atom is -0.508 e. The number of aliphatic carboxylic acids is 1.